The van der Waals surface area contributed by atoms with E-state index >= 15 is 0 Å². The van der Waals surface area contributed by atoms with E-state index in [1.54, 1.807) is 0 Å². The Balaban J connectivity index is 1.95. The van der Waals surface area contributed by atoms with Gasteiger partial charge in [0.25, 0.3) is 0 Å². The Labute approximate surface area is 128 Å². The second-order valence-electron chi connectivity index (χ2n) is 7.49. The first-order chi connectivity index (χ1) is 10.2. The fraction of sp³-hybridized carbons (Fsp3) is 0.688. The molecule has 6 heteroatoms. The predicted octanol–water partition coefficient (Wildman–Crippen LogP) is 1.84. The zero-order valence-electron chi connectivity index (χ0n) is 12.3. The smallest absolute Gasteiger partial charge is 0.330 e. The average molecular weight is 308 g/mol. The summed E-state index contributed by atoms with van der Waals surface area (Å²) in [6.45, 7) is 3.43. The van der Waals surface area contributed by atoms with Crippen LogP contribution in [0, 0.1) is 22.2 Å². The first kappa shape index (κ1) is 15.1. The normalized spacial score (nSPS) is 41.9. The highest BCUT2D eigenvalue weighted by Crippen LogP contribution is 2.70. The van der Waals surface area contributed by atoms with Crippen LogP contribution in [0.25, 0.3) is 0 Å². The van der Waals surface area contributed by atoms with Crippen LogP contribution in [0.3, 0.4) is 0 Å². The van der Waals surface area contributed by atoms with Gasteiger partial charge in [0.15, 0.2) is 0 Å². The molecule has 0 saturated heterocycles. The SMILES string of the molecule is C=CC(=O)OCC12CC3CC(C(=O)O)(C1)CC(C(=O)O)(C3)C2. The van der Waals surface area contributed by atoms with Gasteiger partial charge in [-0.15, -0.1) is 0 Å². The molecule has 6 nitrogen and oxygen atoms in total. The number of hydrogen-bond acceptors (Lipinski definition) is 4. The van der Waals surface area contributed by atoms with Crippen LogP contribution in [0.5, 0.6) is 0 Å². The van der Waals surface area contributed by atoms with Crippen LogP contribution in [0.15, 0.2) is 12.7 Å². The van der Waals surface area contributed by atoms with Gasteiger partial charge in [-0.1, -0.05) is 6.58 Å². The third-order valence-electron chi connectivity index (χ3n) is 5.78. The molecule has 4 rings (SSSR count). The zero-order valence-corrected chi connectivity index (χ0v) is 12.3. The summed E-state index contributed by atoms with van der Waals surface area (Å²) in [6.07, 6.45) is 3.86. The van der Waals surface area contributed by atoms with Gasteiger partial charge in [-0.05, 0) is 44.4 Å². The van der Waals surface area contributed by atoms with Crippen LogP contribution < -0.4 is 0 Å². The Bertz CT molecular complexity index is 535. The van der Waals surface area contributed by atoms with E-state index in [2.05, 4.69) is 6.58 Å². The second-order valence-corrected chi connectivity index (χ2v) is 7.49. The Morgan fingerprint density at radius 1 is 1.05 bits per heavy atom. The summed E-state index contributed by atoms with van der Waals surface area (Å²) in [6, 6.07) is 0. The number of carbonyl (C=O) groups excluding carboxylic acids is 1. The molecule has 0 aliphatic heterocycles. The topological polar surface area (TPSA) is 101 Å². The van der Waals surface area contributed by atoms with E-state index < -0.39 is 34.2 Å². The Morgan fingerprint density at radius 2 is 1.59 bits per heavy atom. The fourth-order valence-electron chi connectivity index (χ4n) is 5.56. The summed E-state index contributed by atoms with van der Waals surface area (Å²) in [5, 5.41) is 19.4. The van der Waals surface area contributed by atoms with E-state index in [9.17, 15) is 24.6 Å². The number of carboxylic acid groups (broad SMARTS) is 2. The first-order valence-electron chi connectivity index (χ1n) is 7.51. The van der Waals surface area contributed by atoms with Gasteiger partial charge in [0.05, 0.1) is 17.4 Å². The molecule has 0 radical (unpaired) electrons. The maximum atomic E-state index is 11.8. The van der Waals surface area contributed by atoms with Crippen molar-refractivity contribution in [3.05, 3.63) is 12.7 Å². The van der Waals surface area contributed by atoms with E-state index in [4.69, 9.17) is 4.74 Å². The third kappa shape index (κ3) is 2.04. The minimum absolute atomic E-state index is 0.0749. The van der Waals surface area contributed by atoms with Gasteiger partial charge in [-0.2, -0.15) is 0 Å². The van der Waals surface area contributed by atoms with E-state index in [-0.39, 0.29) is 18.9 Å². The quantitative estimate of drug-likeness (QED) is 0.593. The number of aliphatic carboxylic acids is 2. The second kappa shape index (κ2) is 4.57. The fourth-order valence-corrected chi connectivity index (χ4v) is 5.56. The highest BCUT2D eigenvalue weighted by Gasteiger charge is 2.68. The maximum Gasteiger partial charge on any atom is 0.330 e. The Kier molecular flexibility index (Phi) is 3.13. The molecule has 2 atom stereocenters. The molecule has 4 fully saturated rings. The van der Waals surface area contributed by atoms with Crippen LogP contribution in [-0.4, -0.2) is 34.7 Å². The maximum absolute atomic E-state index is 11.8. The summed E-state index contributed by atoms with van der Waals surface area (Å²) in [4.78, 5) is 35.0. The van der Waals surface area contributed by atoms with Crippen LogP contribution in [0.1, 0.15) is 38.5 Å². The first-order valence-corrected chi connectivity index (χ1v) is 7.51. The number of carbonyl (C=O) groups is 3. The lowest BCUT2D eigenvalue weighted by Gasteiger charge is -2.63. The Morgan fingerprint density at radius 3 is 2.05 bits per heavy atom. The minimum Gasteiger partial charge on any atom is -0.481 e. The van der Waals surface area contributed by atoms with Crippen LogP contribution in [0.4, 0.5) is 0 Å². The van der Waals surface area contributed by atoms with Crippen molar-refractivity contribution in [2.24, 2.45) is 22.2 Å². The van der Waals surface area contributed by atoms with Gasteiger partial charge in [-0.3, -0.25) is 9.59 Å². The zero-order chi connectivity index (χ0) is 16.2. The highest BCUT2D eigenvalue weighted by molar-refractivity contribution is 5.82. The molecule has 0 aromatic rings. The summed E-state index contributed by atoms with van der Waals surface area (Å²) < 4.78 is 5.18. The molecule has 2 unspecified atom stereocenters. The molecule has 4 aliphatic rings. The lowest BCUT2D eigenvalue weighted by molar-refractivity contribution is -0.209. The van der Waals surface area contributed by atoms with Gasteiger partial charge < -0.3 is 14.9 Å². The standard InChI is InChI=1S/C16H20O6/c1-2-11(17)22-9-14-3-10-4-15(6-14,12(18)19)8-16(5-10,7-14)13(20)21/h2,10H,1,3-9H2,(H,18,19)(H,20,21). The highest BCUT2D eigenvalue weighted by atomic mass is 16.5. The van der Waals surface area contributed by atoms with E-state index in [0.29, 0.717) is 25.7 Å². The summed E-state index contributed by atoms with van der Waals surface area (Å²) in [5.74, 6) is -2.31. The molecule has 0 spiro atoms. The minimum atomic E-state index is -0.988. The molecule has 0 aromatic carbocycles. The van der Waals surface area contributed by atoms with E-state index in [1.807, 2.05) is 0 Å². The van der Waals surface area contributed by atoms with Crippen molar-refractivity contribution in [3.63, 3.8) is 0 Å². The molecular formula is C16H20O6. The van der Waals surface area contributed by atoms with Crippen LogP contribution >= 0.6 is 0 Å². The molecular weight excluding hydrogens is 288 g/mol. The number of esters is 1. The van der Waals surface area contributed by atoms with Crippen molar-refractivity contribution < 1.29 is 29.3 Å². The lowest BCUT2D eigenvalue weighted by Crippen LogP contribution is -2.62. The molecule has 2 N–H and O–H groups in total. The number of carboxylic acids is 2. The molecule has 4 saturated carbocycles. The summed E-state index contributed by atoms with van der Waals surface area (Å²) >= 11 is 0. The van der Waals surface area contributed by atoms with Crippen molar-refractivity contribution in [1.82, 2.24) is 0 Å². The lowest BCUT2D eigenvalue weighted by atomic mass is 9.39. The average Bonchev–Trinajstić information content (AvgIpc) is 2.43. The van der Waals surface area contributed by atoms with Crippen molar-refractivity contribution in [2.75, 3.05) is 6.61 Å². The third-order valence-corrected chi connectivity index (χ3v) is 5.78. The van der Waals surface area contributed by atoms with Gasteiger partial charge in [-0.25, -0.2) is 4.79 Å². The van der Waals surface area contributed by atoms with Gasteiger partial charge in [0.1, 0.15) is 0 Å². The summed E-state index contributed by atoms with van der Waals surface area (Å²) in [7, 11) is 0. The molecule has 4 aliphatic carbocycles. The van der Waals surface area contributed by atoms with Crippen molar-refractivity contribution >= 4 is 17.9 Å². The Hall–Kier alpha value is -1.85. The monoisotopic (exact) mass is 308 g/mol. The number of ether oxygens (including phenoxy) is 1. The number of rotatable bonds is 5. The molecule has 0 aromatic heterocycles. The largest absolute Gasteiger partial charge is 0.481 e. The van der Waals surface area contributed by atoms with Crippen LogP contribution in [-0.2, 0) is 19.1 Å². The van der Waals surface area contributed by atoms with Crippen molar-refractivity contribution in [3.8, 4) is 0 Å². The molecule has 120 valence electrons. The molecule has 22 heavy (non-hydrogen) atoms. The summed E-state index contributed by atoms with van der Waals surface area (Å²) in [5.41, 5.74) is -2.51. The molecule has 4 bridgehead atoms. The van der Waals surface area contributed by atoms with Gasteiger partial charge >= 0.3 is 17.9 Å². The van der Waals surface area contributed by atoms with Gasteiger partial charge in [0.2, 0.25) is 0 Å². The predicted molar refractivity (Wildman–Crippen MR) is 74.9 cm³/mol. The van der Waals surface area contributed by atoms with Crippen molar-refractivity contribution in [2.45, 2.75) is 38.5 Å². The van der Waals surface area contributed by atoms with E-state index in [0.717, 1.165) is 12.5 Å². The molecule has 0 heterocycles. The van der Waals surface area contributed by atoms with Gasteiger partial charge in [0, 0.05) is 11.5 Å². The number of hydrogen-bond donors (Lipinski definition) is 2. The van der Waals surface area contributed by atoms with E-state index in [1.165, 1.54) is 0 Å². The van der Waals surface area contributed by atoms with Crippen molar-refractivity contribution in [1.29, 1.82) is 0 Å². The van der Waals surface area contributed by atoms with Crippen LogP contribution in [0.2, 0.25) is 0 Å². The molecule has 0 amide bonds.